The number of nitrogens with one attached hydrogen (secondary N) is 3. The Balaban J connectivity index is 1.74. The van der Waals surface area contributed by atoms with Gasteiger partial charge in [0, 0.05) is 28.7 Å². The summed E-state index contributed by atoms with van der Waals surface area (Å²) >= 11 is 1.65. The summed E-state index contributed by atoms with van der Waals surface area (Å²) in [5, 5.41) is 9.33. The van der Waals surface area contributed by atoms with Gasteiger partial charge in [-0.3, -0.25) is 9.59 Å². The first-order chi connectivity index (χ1) is 10.6. The third kappa shape index (κ3) is 3.44. The van der Waals surface area contributed by atoms with E-state index in [0.29, 0.717) is 17.9 Å². The zero-order chi connectivity index (χ0) is 15.5. The Morgan fingerprint density at radius 1 is 1.41 bits per heavy atom. The van der Waals surface area contributed by atoms with Gasteiger partial charge in [-0.25, -0.2) is 0 Å². The Hall–Kier alpha value is -1.53. The second kappa shape index (κ2) is 6.71. The summed E-state index contributed by atoms with van der Waals surface area (Å²) in [6, 6.07) is 5.75. The molecule has 2 aliphatic rings. The molecule has 2 atom stereocenters. The van der Waals surface area contributed by atoms with E-state index in [4.69, 9.17) is 0 Å². The monoisotopic (exact) mass is 319 g/mol. The molecule has 22 heavy (non-hydrogen) atoms. The number of amides is 2. The van der Waals surface area contributed by atoms with Crippen LogP contribution in [0.1, 0.15) is 30.1 Å². The predicted molar refractivity (Wildman–Crippen MR) is 88.3 cm³/mol. The number of rotatable bonds is 2. The van der Waals surface area contributed by atoms with Crippen molar-refractivity contribution in [2.45, 2.75) is 30.7 Å². The largest absolute Gasteiger partial charge is 0.349 e. The fourth-order valence-corrected chi connectivity index (χ4v) is 3.78. The summed E-state index contributed by atoms with van der Waals surface area (Å²) in [5.41, 5.74) is 1.35. The Morgan fingerprint density at radius 3 is 3.09 bits per heavy atom. The molecule has 2 amide bonds. The van der Waals surface area contributed by atoms with Crippen LogP contribution in [0.2, 0.25) is 0 Å². The van der Waals surface area contributed by atoms with Crippen molar-refractivity contribution in [3.8, 4) is 0 Å². The number of fused-ring (bicyclic) bond motifs is 1. The molecule has 2 aliphatic heterocycles. The van der Waals surface area contributed by atoms with Crippen molar-refractivity contribution in [1.29, 1.82) is 0 Å². The summed E-state index contributed by atoms with van der Waals surface area (Å²) in [6.45, 7) is 4.01. The van der Waals surface area contributed by atoms with Crippen LogP contribution in [0, 0.1) is 5.92 Å². The topological polar surface area (TPSA) is 70.2 Å². The average Bonchev–Trinajstić information content (AvgIpc) is 2.69. The minimum absolute atomic E-state index is 0.00999. The van der Waals surface area contributed by atoms with E-state index < -0.39 is 0 Å². The van der Waals surface area contributed by atoms with Crippen LogP contribution in [0.4, 0.5) is 5.69 Å². The molecule has 0 spiro atoms. The van der Waals surface area contributed by atoms with Gasteiger partial charge in [0.15, 0.2) is 0 Å². The number of thioether (sulfide) groups is 1. The molecule has 6 heteroatoms. The second-order valence-electron chi connectivity index (χ2n) is 5.91. The Morgan fingerprint density at radius 2 is 2.27 bits per heavy atom. The fourth-order valence-electron chi connectivity index (χ4n) is 2.84. The zero-order valence-electron chi connectivity index (χ0n) is 12.6. The highest BCUT2D eigenvalue weighted by Gasteiger charge is 2.23. The van der Waals surface area contributed by atoms with E-state index in [0.717, 1.165) is 35.8 Å². The van der Waals surface area contributed by atoms with Gasteiger partial charge in [0.25, 0.3) is 5.91 Å². The molecule has 0 aromatic heterocycles. The van der Waals surface area contributed by atoms with Crippen molar-refractivity contribution in [3.05, 3.63) is 23.8 Å². The third-order valence-electron chi connectivity index (χ3n) is 4.20. The van der Waals surface area contributed by atoms with E-state index in [9.17, 15) is 9.59 Å². The van der Waals surface area contributed by atoms with E-state index in [1.807, 2.05) is 12.1 Å². The molecule has 1 fully saturated rings. The van der Waals surface area contributed by atoms with Crippen LogP contribution in [-0.2, 0) is 4.79 Å². The minimum Gasteiger partial charge on any atom is -0.349 e. The SMILES string of the molecule is CC1CNCCC1NC(=O)c1ccc2c(c1)NC(=O)CCS2. The van der Waals surface area contributed by atoms with Crippen LogP contribution < -0.4 is 16.0 Å². The number of benzene rings is 1. The summed E-state index contributed by atoms with van der Waals surface area (Å²) in [4.78, 5) is 25.1. The number of anilines is 1. The van der Waals surface area contributed by atoms with Crippen molar-refractivity contribution in [2.24, 2.45) is 5.92 Å². The molecule has 5 nitrogen and oxygen atoms in total. The van der Waals surface area contributed by atoms with Gasteiger partial charge in [-0.15, -0.1) is 11.8 Å². The van der Waals surface area contributed by atoms with Gasteiger partial charge in [-0.2, -0.15) is 0 Å². The lowest BCUT2D eigenvalue weighted by atomic mass is 9.95. The smallest absolute Gasteiger partial charge is 0.251 e. The van der Waals surface area contributed by atoms with Crippen molar-refractivity contribution in [1.82, 2.24) is 10.6 Å². The molecule has 1 aromatic rings. The highest BCUT2D eigenvalue weighted by atomic mass is 32.2. The molecule has 0 radical (unpaired) electrons. The van der Waals surface area contributed by atoms with Gasteiger partial charge in [-0.1, -0.05) is 6.92 Å². The summed E-state index contributed by atoms with van der Waals surface area (Å²) in [5.74, 6) is 1.14. The first-order valence-corrected chi connectivity index (χ1v) is 8.70. The maximum atomic E-state index is 12.5. The molecule has 3 rings (SSSR count). The van der Waals surface area contributed by atoms with Crippen LogP contribution in [-0.4, -0.2) is 36.7 Å². The zero-order valence-corrected chi connectivity index (χ0v) is 13.5. The molecule has 2 heterocycles. The average molecular weight is 319 g/mol. The van der Waals surface area contributed by atoms with Crippen molar-refractivity contribution < 1.29 is 9.59 Å². The quantitative estimate of drug-likeness (QED) is 0.778. The maximum Gasteiger partial charge on any atom is 0.251 e. The maximum absolute atomic E-state index is 12.5. The van der Waals surface area contributed by atoms with Gasteiger partial charge in [0.05, 0.1) is 5.69 Å². The lowest BCUT2D eigenvalue weighted by Crippen LogP contribution is -2.48. The predicted octanol–water partition coefficient (Wildman–Crippen LogP) is 1.85. The Kier molecular flexibility index (Phi) is 4.69. The molecule has 2 unspecified atom stereocenters. The van der Waals surface area contributed by atoms with Crippen molar-refractivity contribution in [3.63, 3.8) is 0 Å². The molecule has 1 saturated heterocycles. The number of hydrogen-bond acceptors (Lipinski definition) is 4. The molecular weight excluding hydrogens is 298 g/mol. The van der Waals surface area contributed by atoms with Crippen LogP contribution in [0.25, 0.3) is 0 Å². The Labute approximate surface area is 134 Å². The van der Waals surface area contributed by atoms with Crippen molar-refractivity contribution >= 4 is 29.3 Å². The Bertz CT molecular complexity index is 591. The molecule has 3 N–H and O–H groups in total. The first kappa shape index (κ1) is 15.4. The normalized spacial score (nSPS) is 24.9. The molecule has 1 aromatic carbocycles. The van der Waals surface area contributed by atoms with Gasteiger partial charge >= 0.3 is 0 Å². The summed E-state index contributed by atoms with van der Waals surface area (Å²) in [7, 11) is 0. The van der Waals surface area contributed by atoms with Crippen LogP contribution in [0.15, 0.2) is 23.1 Å². The first-order valence-electron chi connectivity index (χ1n) is 7.72. The van der Waals surface area contributed by atoms with E-state index in [1.165, 1.54) is 0 Å². The van der Waals surface area contributed by atoms with E-state index in [1.54, 1.807) is 17.8 Å². The summed E-state index contributed by atoms with van der Waals surface area (Å²) in [6.07, 6.45) is 1.46. The van der Waals surface area contributed by atoms with Gasteiger partial charge in [0.1, 0.15) is 0 Å². The fraction of sp³-hybridized carbons (Fsp3) is 0.500. The number of piperidine rings is 1. The summed E-state index contributed by atoms with van der Waals surface area (Å²) < 4.78 is 0. The molecule has 0 saturated carbocycles. The van der Waals surface area contributed by atoms with E-state index in [2.05, 4.69) is 22.9 Å². The standard InChI is InChI=1S/C16H21N3O2S/c1-10-9-17-6-4-12(10)19-16(21)11-2-3-14-13(8-11)18-15(20)5-7-22-14/h2-3,8,10,12,17H,4-7,9H2,1H3,(H,18,20)(H,19,21). The van der Waals surface area contributed by atoms with E-state index in [-0.39, 0.29) is 17.9 Å². The highest BCUT2D eigenvalue weighted by Crippen LogP contribution is 2.31. The molecule has 0 bridgehead atoms. The van der Waals surface area contributed by atoms with Gasteiger partial charge < -0.3 is 16.0 Å². The number of carbonyl (C=O) groups is 2. The second-order valence-corrected chi connectivity index (χ2v) is 7.04. The number of carbonyl (C=O) groups excluding carboxylic acids is 2. The van der Waals surface area contributed by atoms with Crippen LogP contribution >= 0.6 is 11.8 Å². The van der Waals surface area contributed by atoms with Gasteiger partial charge in [0.2, 0.25) is 5.91 Å². The lowest BCUT2D eigenvalue weighted by molar-refractivity contribution is -0.115. The minimum atomic E-state index is -0.0648. The van der Waals surface area contributed by atoms with Crippen LogP contribution in [0.3, 0.4) is 0 Å². The highest BCUT2D eigenvalue weighted by molar-refractivity contribution is 7.99. The van der Waals surface area contributed by atoms with E-state index >= 15 is 0 Å². The lowest BCUT2D eigenvalue weighted by Gasteiger charge is -2.30. The third-order valence-corrected chi connectivity index (χ3v) is 5.28. The van der Waals surface area contributed by atoms with Gasteiger partial charge in [-0.05, 0) is 43.6 Å². The van der Waals surface area contributed by atoms with Crippen LogP contribution in [0.5, 0.6) is 0 Å². The molecular formula is C16H21N3O2S. The van der Waals surface area contributed by atoms with Crippen molar-refractivity contribution in [2.75, 3.05) is 24.2 Å². The number of hydrogen-bond donors (Lipinski definition) is 3. The molecule has 0 aliphatic carbocycles. The molecule has 118 valence electrons.